The van der Waals surface area contributed by atoms with Crippen LogP contribution < -0.4 is 5.32 Å². The summed E-state index contributed by atoms with van der Waals surface area (Å²) in [6.45, 7) is 2.13. The minimum absolute atomic E-state index is 0.590. The topological polar surface area (TPSA) is 29.9 Å². The summed E-state index contributed by atoms with van der Waals surface area (Å²) in [6.07, 6.45) is 4.49. The third kappa shape index (κ3) is 1.87. The van der Waals surface area contributed by atoms with E-state index in [2.05, 4.69) is 49.2 Å². The van der Waals surface area contributed by atoms with Crippen molar-refractivity contribution < 1.29 is 0 Å². The van der Waals surface area contributed by atoms with E-state index in [0.29, 0.717) is 6.04 Å². The Hall–Kier alpha value is -0.870. The van der Waals surface area contributed by atoms with Crippen LogP contribution in [0.25, 0.3) is 10.9 Å². The highest BCUT2D eigenvalue weighted by Crippen LogP contribution is 2.20. The predicted molar refractivity (Wildman–Crippen MR) is 68.5 cm³/mol. The van der Waals surface area contributed by atoms with Gasteiger partial charge in [0.25, 0.3) is 0 Å². The molecule has 3 rings (SSSR count). The van der Waals surface area contributed by atoms with Gasteiger partial charge in [-0.2, -0.15) is 5.10 Å². The molecule has 1 unspecified atom stereocenters. The van der Waals surface area contributed by atoms with E-state index in [1.807, 2.05) is 6.20 Å². The molecule has 0 aliphatic carbocycles. The Morgan fingerprint density at radius 3 is 3.25 bits per heavy atom. The number of nitrogens with one attached hydrogen (secondary N) is 1. The number of benzene rings is 1. The first kappa shape index (κ1) is 10.3. The maximum atomic E-state index is 4.46. The predicted octanol–water partition coefficient (Wildman–Crippen LogP) is 2.55. The Morgan fingerprint density at radius 2 is 2.44 bits per heavy atom. The van der Waals surface area contributed by atoms with Crippen LogP contribution in [-0.2, 0) is 6.54 Å². The highest BCUT2D eigenvalue weighted by Gasteiger charge is 2.15. The highest BCUT2D eigenvalue weighted by molar-refractivity contribution is 9.10. The molecule has 0 bridgehead atoms. The van der Waals surface area contributed by atoms with Gasteiger partial charge in [0.15, 0.2) is 0 Å². The normalized spacial score (nSPS) is 20.7. The van der Waals surface area contributed by atoms with Crippen molar-refractivity contribution in [2.75, 3.05) is 6.54 Å². The molecule has 4 heteroatoms. The molecule has 0 amide bonds. The lowest BCUT2D eigenvalue weighted by molar-refractivity contribution is 0.486. The average molecular weight is 280 g/mol. The van der Waals surface area contributed by atoms with E-state index in [9.17, 15) is 0 Å². The van der Waals surface area contributed by atoms with E-state index in [-0.39, 0.29) is 0 Å². The van der Waals surface area contributed by atoms with Gasteiger partial charge in [-0.1, -0.05) is 15.9 Å². The van der Waals surface area contributed by atoms with Crippen molar-refractivity contribution in [3.8, 4) is 0 Å². The molecule has 1 saturated heterocycles. The molecular weight excluding hydrogens is 266 g/mol. The van der Waals surface area contributed by atoms with Gasteiger partial charge in [-0.25, -0.2) is 0 Å². The van der Waals surface area contributed by atoms with E-state index < -0.39 is 0 Å². The first-order valence-corrected chi connectivity index (χ1v) is 6.47. The monoisotopic (exact) mass is 279 g/mol. The van der Waals surface area contributed by atoms with Crippen molar-refractivity contribution >= 4 is 26.8 Å². The Bertz CT molecular complexity index is 500. The Balaban J connectivity index is 1.91. The van der Waals surface area contributed by atoms with E-state index in [1.54, 1.807) is 0 Å². The van der Waals surface area contributed by atoms with E-state index in [0.717, 1.165) is 17.6 Å². The molecule has 0 spiro atoms. The van der Waals surface area contributed by atoms with Gasteiger partial charge in [0.05, 0.1) is 18.3 Å². The maximum absolute atomic E-state index is 4.46. The molecule has 2 heterocycles. The highest BCUT2D eigenvalue weighted by atomic mass is 79.9. The Kier molecular flexibility index (Phi) is 2.69. The summed E-state index contributed by atoms with van der Waals surface area (Å²) >= 11 is 3.48. The molecule has 3 nitrogen and oxygen atoms in total. The summed E-state index contributed by atoms with van der Waals surface area (Å²) in [7, 11) is 0. The summed E-state index contributed by atoms with van der Waals surface area (Å²) in [6, 6.07) is 6.90. The standard InChI is InChI=1S/C12H14BrN3/c13-10-3-4-12-9(6-10)7-15-16(12)8-11-2-1-5-14-11/h3-4,6-7,11,14H,1-2,5,8H2. The zero-order valence-corrected chi connectivity index (χ0v) is 10.6. The molecule has 16 heavy (non-hydrogen) atoms. The maximum Gasteiger partial charge on any atom is 0.0683 e. The number of fused-ring (bicyclic) bond motifs is 1. The fourth-order valence-corrected chi connectivity index (χ4v) is 2.70. The van der Waals surface area contributed by atoms with Crippen molar-refractivity contribution in [3.63, 3.8) is 0 Å². The molecule has 1 aliphatic rings. The second-order valence-corrected chi connectivity index (χ2v) is 5.24. The van der Waals surface area contributed by atoms with Crippen molar-refractivity contribution in [1.82, 2.24) is 15.1 Å². The van der Waals surface area contributed by atoms with Gasteiger partial charge in [-0.05, 0) is 37.6 Å². The number of aromatic nitrogens is 2. The fourth-order valence-electron chi connectivity index (χ4n) is 2.32. The van der Waals surface area contributed by atoms with Gasteiger partial charge in [-0.15, -0.1) is 0 Å². The number of hydrogen-bond acceptors (Lipinski definition) is 2. The summed E-state index contributed by atoms with van der Waals surface area (Å²) < 4.78 is 3.21. The molecule has 1 aromatic heterocycles. The molecular formula is C12H14BrN3. The molecule has 0 saturated carbocycles. The smallest absolute Gasteiger partial charge is 0.0683 e. The van der Waals surface area contributed by atoms with Crippen LogP contribution in [0.5, 0.6) is 0 Å². The van der Waals surface area contributed by atoms with Gasteiger partial charge in [0.1, 0.15) is 0 Å². The largest absolute Gasteiger partial charge is 0.312 e. The average Bonchev–Trinajstić information content (AvgIpc) is 2.89. The SMILES string of the molecule is Brc1ccc2c(cnn2CC2CCCN2)c1. The third-order valence-electron chi connectivity index (χ3n) is 3.16. The van der Waals surface area contributed by atoms with Crippen LogP contribution in [-0.4, -0.2) is 22.4 Å². The lowest BCUT2D eigenvalue weighted by atomic mass is 10.2. The Morgan fingerprint density at radius 1 is 1.50 bits per heavy atom. The lowest BCUT2D eigenvalue weighted by Crippen LogP contribution is -2.27. The summed E-state index contributed by atoms with van der Waals surface area (Å²) in [5, 5.41) is 9.16. The minimum Gasteiger partial charge on any atom is -0.312 e. The zero-order chi connectivity index (χ0) is 11.0. The second kappa shape index (κ2) is 4.18. The van der Waals surface area contributed by atoms with Crippen LogP contribution in [0.4, 0.5) is 0 Å². The molecule has 1 N–H and O–H groups in total. The van der Waals surface area contributed by atoms with Crippen molar-refractivity contribution in [2.45, 2.75) is 25.4 Å². The second-order valence-electron chi connectivity index (χ2n) is 4.32. The summed E-state index contributed by atoms with van der Waals surface area (Å²) in [4.78, 5) is 0. The number of hydrogen-bond donors (Lipinski definition) is 1. The minimum atomic E-state index is 0.590. The van der Waals surface area contributed by atoms with E-state index in [4.69, 9.17) is 0 Å². The van der Waals surface area contributed by atoms with E-state index >= 15 is 0 Å². The van der Waals surface area contributed by atoms with Gasteiger partial charge >= 0.3 is 0 Å². The molecule has 1 atom stereocenters. The quantitative estimate of drug-likeness (QED) is 0.916. The molecule has 0 radical (unpaired) electrons. The Labute approximate surface area is 103 Å². The van der Waals surface area contributed by atoms with E-state index in [1.165, 1.54) is 23.7 Å². The molecule has 1 aliphatic heterocycles. The van der Waals surface area contributed by atoms with Crippen LogP contribution in [0.1, 0.15) is 12.8 Å². The number of halogens is 1. The van der Waals surface area contributed by atoms with Crippen molar-refractivity contribution in [1.29, 1.82) is 0 Å². The molecule has 2 aromatic rings. The van der Waals surface area contributed by atoms with Gasteiger partial charge < -0.3 is 5.32 Å². The van der Waals surface area contributed by atoms with Crippen LogP contribution in [0.3, 0.4) is 0 Å². The van der Waals surface area contributed by atoms with Gasteiger partial charge in [0.2, 0.25) is 0 Å². The number of rotatable bonds is 2. The van der Waals surface area contributed by atoms with Crippen LogP contribution in [0.15, 0.2) is 28.9 Å². The van der Waals surface area contributed by atoms with Crippen molar-refractivity contribution in [3.05, 3.63) is 28.9 Å². The van der Waals surface area contributed by atoms with Crippen molar-refractivity contribution in [2.24, 2.45) is 0 Å². The molecule has 1 aromatic carbocycles. The first-order chi connectivity index (χ1) is 7.83. The summed E-state index contributed by atoms with van der Waals surface area (Å²) in [5.41, 5.74) is 1.22. The molecule has 84 valence electrons. The first-order valence-electron chi connectivity index (χ1n) is 5.67. The number of nitrogens with zero attached hydrogens (tertiary/aromatic N) is 2. The van der Waals surface area contributed by atoms with Crippen LogP contribution in [0, 0.1) is 0 Å². The zero-order valence-electron chi connectivity index (χ0n) is 8.99. The molecule has 1 fully saturated rings. The fraction of sp³-hybridized carbons (Fsp3) is 0.417. The van der Waals surface area contributed by atoms with Gasteiger partial charge in [-0.3, -0.25) is 4.68 Å². The van der Waals surface area contributed by atoms with Gasteiger partial charge in [0, 0.05) is 15.9 Å². The summed E-state index contributed by atoms with van der Waals surface area (Å²) in [5.74, 6) is 0. The lowest BCUT2D eigenvalue weighted by Gasteiger charge is -2.10. The van der Waals surface area contributed by atoms with Crippen LogP contribution in [0.2, 0.25) is 0 Å². The third-order valence-corrected chi connectivity index (χ3v) is 3.65. The van der Waals surface area contributed by atoms with Crippen LogP contribution >= 0.6 is 15.9 Å².